The largest absolute Gasteiger partial charge is 0.472 e. The number of nitrogens with one attached hydrogen (secondary N) is 1. The third-order valence-corrected chi connectivity index (χ3v) is 9.98. The molecule has 310 valence electrons. The molecule has 0 radical (unpaired) electrons. The molecule has 0 aliphatic heterocycles. The zero-order chi connectivity index (χ0) is 39.6. The lowest BCUT2D eigenvalue weighted by molar-refractivity contribution is -0.870. The Morgan fingerprint density at radius 3 is 1.85 bits per heavy atom. The molecule has 5 atom stereocenters. The first-order valence-corrected chi connectivity index (χ1v) is 22.2. The predicted octanol–water partition coefficient (Wildman–Crippen LogP) is 8.85. The Bertz CT molecular complexity index is 1040. The van der Waals surface area contributed by atoms with Crippen LogP contribution in [0, 0.1) is 0 Å². The molecule has 3 unspecified atom stereocenters. The lowest BCUT2D eigenvalue weighted by Gasteiger charge is -2.25. The zero-order valence-corrected chi connectivity index (χ0v) is 35.1. The molecule has 10 nitrogen and oxygen atoms in total. The first-order valence-electron chi connectivity index (χ1n) is 20.7. The molecule has 11 heteroatoms. The first-order chi connectivity index (χ1) is 25.3. The molecular weight excluding hydrogens is 691 g/mol. The fourth-order valence-electron chi connectivity index (χ4n) is 5.49. The normalized spacial score (nSPS) is 16.2. The summed E-state index contributed by atoms with van der Waals surface area (Å²) >= 11 is 0. The second-order valence-electron chi connectivity index (χ2n) is 15.3. The van der Waals surface area contributed by atoms with Crippen LogP contribution in [0.3, 0.4) is 0 Å². The van der Waals surface area contributed by atoms with Gasteiger partial charge in [0, 0.05) is 6.42 Å². The number of aliphatic hydroxyl groups is 3. The SMILES string of the molecule is CCCCC/C=C\C/C=C\C/C=C\CC(O)C(O)CCCC(=O)N[C@@H](COP(=O)(O)OCC[N+](C)(C)C)[C@H](O)/C=C/CCCCCCCCCCCC. The summed E-state index contributed by atoms with van der Waals surface area (Å²) in [4.78, 5) is 23.1. The minimum absolute atomic E-state index is 0.00770. The van der Waals surface area contributed by atoms with Crippen molar-refractivity contribution in [1.82, 2.24) is 5.32 Å². The Balaban J connectivity index is 4.76. The van der Waals surface area contributed by atoms with Gasteiger partial charge in [0.15, 0.2) is 0 Å². The maximum absolute atomic E-state index is 12.9. The van der Waals surface area contributed by atoms with Crippen molar-refractivity contribution in [2.75, 3.05) is 40.9 Å². The van der Waals surface area contributed by atoms with Crippen LogP contribution in [-0.2, 0) is 18.4 Å². The Morgan fingerprint density at radius 1 is 0.698 bits per heavy atom. The van der Waals surface area contributed by atoms with Crippen molar-refractivity contribution in [3.8, 4) is 0 Å². The second-order valence-corrected chi connectivity index (χ2v) is 16.8. The van der Waals surface area contributed by atoms with Gasteiger partial charge in [0.1, 0.15) is 13.2 Å². The predicted molar refractivity (Wildman–Crippen MR) is 219 cm³/mol. The lowest BCUT2D eigenvalue weighted by Crippen LogP contribution is -2.45. The average molecular weight is 772 g/mol. The molecule has 0 aromatic rings. The van der Waals surface area contributed by atoms with E-state index < -0.39 is 44.7 Å². The van der Waals surface area contributed by atoms with E-state index in [0.717, 1.165) is 38.5 Å². The van der Waals surface area contributed by atoms with Crippen LogP contribution in [0.2, 0.25) is 0 Å². The molecule has 0 aromatic carbocycles. The number of unbranched alkanes of at least 4 members (excludes halogenated alkanes) is 13. The Labute approximate surface area is 324 Å². The van der Waals surface area contributed by atoms with Crippen LogP contribution in [0.25, 0.3) is 0 Å². The average Bonchev–Trinajstić information content (AvgIpc) is 3.10. The Morgan fingerprint density at radius 2 is 1.23 bits per heavy atom. The highest BCUT2D eigenvalue weighted by molar-refractivity contribution is 7.47. The van der Waals surface area contributed by atoms with Crippen molar-refractivity contribution in [2.45, 2.75) is 173 Å². The fourth-order valence-corrected chi connectivity index (χ4v) is 6.23. The van der Waals surface area contributed by atoms with Crippen LogP contribution in [-0.4, -0.2) is 95.9 Å². The van der Waals surface area contributed by atoms with Gasteiger partial charge >= 0.3 is 7.82 Å². The van der Waals surface area contributed by atoms with Gasteiger partial charge in [-0.05, 0) is 57.8 Å². The van der Waals surface area contributed by atoms with E-state index >= 15 is 0 Å². The highest BCUT2D eigenvalue weighted by atomic mass is 31.2. The molecule has 0 aromatic heterocycles. The van der Waals surface area contributed by atoms with E-state index in [1.807, 2.05) is 39.4 Å². The molecule has 0 saturated carbocycles. The molecule has 0 fully saturated rings. The van der Waals surface area contributed by atoms with Gasteiger partial charge in [-0.15, -0.1) is 0 Å². The maximum atomic E-state index is 12.9. The van der Waals surface area contributed by atoms with E-state index in [0.29, 0.717) is 23.9 Å². The lowest BCUT2D eigenvalue weighted by atomic mass is 10.0. The van der Waals surface area contributed by atoms with Crippen LogP contribution in [0.5, 0.6) is 0 Å². The fraction of sp³-hybridized carbons (Fsp3) is 0.786. The number of allylic oxidation sites excluding steroid dienone is 6. The number of quaternary nitrogens is 1. The number of carbonyl (C=O) groups is 1. The smallest absolute Gasteiger partial charge is 0.390 e. The molecule has 53 heavy (non-hydrogen) atoms. The van der Waals surface area contributed by atoms with Crippen molar-refractivity contribution >= 4 is 13.7 Å². The topological polar surface area (TPSA) is 146 Å². The Hall–Kier alpha value is -1.62. The van der Waals surface area contributed by atoms with Gasteiger partial charge in [-0.3, -0.25) is 13.8 Å². The van der Waals surface area contributed by atoms with Crippen LogP contribution >= 0.6 is 7.82 Å². The zero-order valence-electron chi connectivity index (χ0n) is 34.2. The van der Waals surface area contributed by atoms with Gasteiger partial charge in [0.2, 0.25) is 5.91 Å². The molecule has 0 aliphatic carbocycles. The number of rotatable bonds is 36. The summed E-state index contributed by atoms with van der Waals surface area (Å²) in [5.41, 5.74) is 0. The number of carbonyl (C=O) groups excluding carboxylic acids is 1. The highest BCUT2D eigenvalue weighted by Gasteiger charge is 2.28. The number of phosphoric ester groups is 1. The van der Waals surface area contributed by atoms with Gasteiger partial charge in [-0.2, -0.15) is 0 Å². The molecule has 0 saturated heterocycles. The monoisotopic (exact) mass is 772 g/mol. The molecule has 1 amide bonds. The van der Waals surface area contributed by atoms with E-state index in [4.69, 9.17) is 9.05 Å². The summed E-state index contributed by atoms with van der Waals surface area (Å²) in [5, 5.41) is 34.4. The molecular formula is C42H80N2O8P+. The Kier molecular flexibility index (Phi) is 32.7. The van der Waals surface area contributed by atoms with Crippen LogP contribution in [0.1, 0.15) is 149 Å². The number of nitrogens with zero attached hydrogens (tertiary/aromatic N) is 1. The number of hydrogen-bond donors (Lipinski definition) is 5. The van der Waals surface area contributed by atoms with Crippen molar-refractivity contribution < 1.29 is 43.1 Å². The summed E-state index contributed by atoms with van der Waals surface area (Å²) in [7, 11) is 1.39. The quantitative estimate of drug-likeness (QED) is 0.0184. The summed E-state index contributed by atoms with van der Waals surface area (Å²) in [6.07, 6.45) is 33.4. The van der Waals surface area contributed by atoms with Crippen molar-refractivity contribution in [1.29, 1.82) is 0 Å². The molecule has 0 aliphatic rings. The van der Waals surface area contributed by atoms with E-state index in [1.165, 1.54) is 70.6 Å². The summed E-state index contributed by atoms with van der Waals surface area (Å²) in [6, 6.07) is -0.981. The van der Waals surface area contributed by atoms with E-state index in [-0.39, 0.29) is 19.4 Å². The summed E-state index contributed by atoms with van der Waals surface area (Å²) in [5.74, 6) is -0.399. The number of phosphoric acid groups is 1. The maximum Gasteiger partial charge on any atom is 0.472 e. The third kappa shape index (κ3) is 34.6. The number of amides is 1. The van der Waals surface area contributed by atoms with Crippen LogP contribution in [0.15, 0.2) is 48.6 Å². The molecule has 0 bridgehead atoms. The van der Waals surface area contributed by atoms with Gasteiger partial charge in [0.05, 0.1) is 52.1 Å². The van der Waals surface area contributed by atoms with Crippen molar-refractivity contribution in [2.24, 2.45) is 0 Å². The van der Waals surface area contributed by atoms with E-state index in [9.17, 15) is 29.6 Å². The number of aliphatic hydroxyl groups excluding tert-OH is 3. The summed E-state index contributed by atoms with van der Waals surface area (Å²) < 4.78 is 23.4. The summed E-state index contributed by atoms with van der Waals surface area (Å²) in [6.45, 7) is 4.51. The van der Waals surface area contributed by atoms with Crippen LogP contribution < -0.4 is 5.32 Å². The van der Waals surface area contributed by atoms with E-state index in [2.05, 4.69) is 43.5 Å². The molecule has 0 spiro atoms. The minimum atomic E-state index is -4.41. The molecule has 0 heterocycles. The van der Waals surface area contributed by atoms with Crippen LogP contribution in [0.4, 0.5) is 0 Å². The van der Waals surface area contributed by atoms with E-state index in [1.54, 1.807) is 6.08 Å². The molecule has 0 rings (SSSR count). The van der Waals surface area contributed by atoms with Gasteiger partial charge in [-0.25, -0.2) is 4.57 Å². The van der Waals surface area contributed by atoms with Gasteiger partial charge in [-0.1, -0.05) is 133 Å². The standard InChI is InChI=1S/C42H79N2O8P/c1-6-8-10-12-14-16-18-20-22-24-26-28-31-39(45)38(37-52-53(49,50)51-36-35-44(3,4)5)43-42(48)34-30-33-41(47)40(46)32-29-27-25-23-21-19-17-15-13-11-9-7-2/h15,17,21,23,27-29,31,38-41,45-47H,6-14,16,18-20,22,24-26,30,32-37H2,1-5H3,(H-,43,48,49,50)/p+1/b17-15-,23-21-,29-27-,31-28+/t38-,39+,40?,41?/m0/s1. The van der Waals surface area contributed by atoms with Crippen molar-refractivity contribution in [3.63, 3.8) is 0 Å². The van der Waals surface area contributed by atoms with Gasteiger partial charge in [0.25, 0.3) is 0 Å². The van der Waals surface area contributed by atoms with Crippen molar-refractivity contribution in [3.05, 3.63) is 48.6 Å². The first kappa shape index (κ1) is 51.4. The van der Waals surface area contributed by atoms with Gasteiger partial charge < -0.3 is 30.0 Å². The highest BCUT2D eigenvalue weighted by Crippen LogP contribution is 2.43. The minimum Gasteiger partial charge on any atom is -0.390 e. The number of hydrogen-bond acceptors (Lipinski definition) is 7. The third-order valence-electron chi connectivity index (χ3n) is 8.99. The second kappa shape index (κ2) is 33.7. The number of likely N-dealkylation sites (N-methyl/N-ethyl adjacent to an activating group) is 1. The molecule has 5 N–H and O–H groups in total.